The van der Waals surface area contributed by atoms with Gasteiger partial charge in [0.25, 0.3) is 0 Å². The van der Waals surface area contributed by atoms with Crippen LogP contribution < -0.4 is 24.8 Å². The van der Waals surface area contributed by atoms with Gasteiger partial charge in [0.2, 0.25) is 0 Å². The monoisotopic (exact) mass is 623 g/mol. The Kier molecular flexibility index (Phi) is 9.72. The second kappa shape index (κ2) is 11.9. The number of halogens is 2. The largest absolute Gasteiger partial charge is 3.00 e. The fourth-order valence-electron chi connectivity index (χ4n) is 7.11. The van der Waals surface area contributed by atoms with Crippen LogP contribution in [0.1, 0.15) is 72.9 Å². The van der Waals surface area contributed by atoms with Gasteiger partial charge < -0.3 is 29.2 Å². The number of hydrogen-bond donors (Lipinski definition) is 0. The molecule has 0 spiro atoms. The summed E-state index contributed by atoms with van der Waals surface area (Å²) in [7, 11) is -1.08. The number of aryl methyl sites for hydroxylation is 1. The summed E-state index contributed by atoms with van der Waals surface area (Å²) in [5.41, 5.74) is 9.42. The van der Waals surface area contributed by atoms with Crippen molar-refractivity contribution in [2.24, 2.45) is 0 Å². The maximum atomic E-state index is 5.51. The van der Waals surface area contributed by atoms with Crippen LogP contribution in [0, 0.1) is 6.92 Å². The van der Waals surface area contributed by atoms with Crippen LogP contribution in [0.25, 0.3) is 27.1 Å². The maximum Gasteiger partial charge on any atom is 3.00 e. The summed E-state index contributed by atoms with van der Waals surface area (Å²) in [6.45, 7) is 9.31. The molecule has 0 amide bonds. The molecule has 191 valence electrons. The van der Waals surface area contributed by atoms with Gasteiger partial charge in [-0.3, -0.25) is 0 Å². The molecular weight excluding hydrogens is 591 g/mol. The summed E-state index contributed by atoms with van der Waals surface area (Å²) in [4.78, 5) is 0. The molecule has 3 heterocycles. The van der Waals surface area contributed by atoms with Crippen LogP contribution in [-0.2, 0) is 26.2 Å². The average Bonchev–Trinajstić information content (AvgIpc) is 3.56. The normalized spacial score (nSPS) is 19.0. The van der Waals surface area contributed by atoms with Gasteiger partial charge in [0.1, 0.15) is 5.76 Å². The molecule has 1 saturated carbocycles. The molecule has 2 bridgehead atoms. The summed E-state index contributed by atoms with van der Waals surface area (Å²) in [5, 5.41) is 4.32. The zero-order valence-electron chi connectivity index (χ0n) is 22.2. The molecule has 1 atom stereocenters. The second-order valence-electron chi connectivity index (χ2n) is 11.2. The molecule has 4 aromatic rings. The zero-order valence-corrected chi connectivity index (χ0v) is 27.2. The fourth-order valence-corrected chi connectivity index (χ4v) is 11.4. The average molecular weight is 626 g/mol. The van der Waals surface area contributed by atoms with E-state index in [0.717, 1.165) is 11.5 Å². The van der Waals surface area contributed by atoms with Crippen LogP contribution in [0.15, 0.2) is 76.9 Å². The minimum absolute atomic E-state index is 0. The molecular formula is C32H35Cl2OSiZr. The van der Waals surface area contributed by atoms with Gasteiger partial charge in [-0.05, 0) is 48.1 Å². The van der Waals surface area contributed by atoms with Gasteiger partial charge in [0.05, 0.1) is 14.3 Å². The minimum Gasteiger partial charge on any atom is -1.00 e. The first-order chi connectivity index (χ1) is 16.4. The summed E-state index contributed by atoms with van der Waals surface area (Å²) >= 11 is 0. The first-order valence-corrected chi connectivity index (χ1v) is 16.1. The van der Waals surface area contributed by atoms with Crippen molar-refractivity contribution < 1.29 is 55.4 Å². The van der Waals surface area contributed by atoms with Crippen LogP contribution >= 0.6 is 0 Å². The Bertz CT molecular complexity index is 1390. The van der Waals surface area contributed by atoms with E-state index >= 15 is 0 Å². The molecule has 0 N–H and O–H groups in total. The Morgan fingerprint density at radius 1 is 0.892 bits per heavy atom. The van der Waals surface area contributed by atoms with Crippen molar-refractivity contribution >= 4 is 24.0 Å². The van der Waals surface area contributed by atoms with Gasteiger partial charge in [0.15, 0.2) is 0 Å². The van der Waals surface area contributed by atoms with Crippen molar-refractivity contribution in [1.29, 1.82) is 0 Å². The van der Waals surface area contributed by atoms with Gasteiger partial charge in [-0.1, -0.05) is 80.7 Å². The molecule has 37 heavy (non-hydrogen) atoms. The van der Waals surface area contributed by atoms with Crippen molar-refractivity contribution in [2.75, 3.05) is 0 Å². The molecule has 4 aliphatic rings. The first kappa shape index (κ1) is 30.3. The quantitative estimate of drug-likeness (QED) is 0.246. The molecule has 0 saturated heterocycles. The molecule has 1 aromatic heterocycles. The summed E-state index contributed by atoms with van der Waals surface area (Å²) in [5.74, 6) is 2.01. The van der Waals surface area contributed by atoms with E-state index in [-0.39, 0.29) is 51.0 Å². The third kappa shape index (κ3) is 5.19. The standard InChI is InChI=1S/C22H23.C10H12OSi.2ClH.Zr/c1-16-14-20-8-5-9-21(22(20)15-16)19-12-10-18(11-13-19)17-6-3-2-4-7-17;1-6-9-7-4-5-11-8(7)10(6)12(9,2)3;;;/h5,8-15,17H,2-4,6-7H2,1H3;4-5,9H,1-3H3;2*1H;/q-1;;;;+3/p-2. The second-order valence-corrected chi connectivity index (χ2v) is 15.7. The number of hydrogen-bond acceptors (Lipinski definition) is 1. The maximum absolute atomic E-state index is 5.51. The predicted molar refractivity (Wildman–Crippen MR) is 147 cm³/mol. The van der Waals surface area contributed by atoms with Crippen molar-refractivity contribution in [3.63, 3.8) is 0 Å². The van der Waals surface area contributed by atoms with Gasteiger partial charge in [0, 0.05) is 11.1 Å². The van der Waals surface area contributed by atoms with Gasteiger partial charge in [-0.2, -0.15) is 6.07 Å². The molecule has 1 fully saturated rings. The summed E-state index contributed by atoms with van der Waals surface area (Å²) in [6, 6.07) is 22.7. The van der Waals surface area contributed by atoms with Crippen LogP contribution in [0.4, 0.5) is 0 Å². The van der Waals surface area contributed by atoms with E-state index in [1.165, 1.54) is 76.5 Å². The molecule has 3 aromatic carbocycles. The number of benzene rings is 2. The number of rotatable bonds is 2. The predicted octanol–water partition coefficient (Wildman–Crippen LogP) is 3.54. The Morgan fingerprint density at radius 2 is 1.59 bits per heavy atom. The van der Waals surface area contributed by atoms with E-state index in [0.29, 0.717) is 0 Å². The van der Waals surface area contributed by atoms with Crippen LogP contribution in [0.3, 0.4) is 0 Å². The van der Waals surface area contributed by atoms with Crippen LogP contribution in [-0.4, -0.2) is 8.07 Å². The SMILES string of the molecule is CC1=C2c3occc3C1[Si]2(C)C.Cc1cc2c(-c3ccc(C4CCCCC4)cc3)cccc2[cH-]1.[Cl-].[Cl-].[Zr+3]. The Hall–Kier alpha value is -1.25. The molecule has 2 aliphatic carbocycles. The van der Waals surface area contributed by atoms with Gasteiger partial charge in [-0.15, -0.1) is 34.5 Å². The van der Waals surface area contributed by atoms with Gasteiger partial charge in [-0.25, -0.2) is 0 Å². The third-order valence-corrected chi connectivity index (χ3v) is 12.7. The van der Waals surface area contributed by atoms with Crippen molar-refractivity contribution in [3.05, 3.63) is 95.0 Å². The Morgan fingerprint density at radius 3 is 2.24 bits per heavy atom. The van der Waals surface area contributed by atoms with Crippen LogP contribution in [0.2, 0.25) is 13.1 Å². The van der Waals surface area contributed by atoms with Crippen LogP contribution in [0.5, 0.6) is 0 Å². The molecule has 1 radical (unpaired) electrons. The smallest absolute Gasteiger partial charge is 1.00 e. The molecule has 1 unspecified atom stereocenters. The van der Waals surface area contributed by atoms with E-state index in [9.17, 15) is 0 Å². The van der Waals surface area contributed by atoms with E-state index < -0.39 is 8.07 Å². The first-order valence-electron chi connectivity index (χ1n) is 13.0. The van der Waals surface area contributed by atoms with E-state index in [4.69, 9.17) is 4.42 Å². The van der Waals surface area contributed by atoms with E-state index in [1.807, 2.05) is 6.26 Å². The van der Waals surface area contributed by atoms with E-state index in [1.54, 1.807) is 10.8 Å². The van der Waals surface area contributed by atoms with Crippen molar-refractivity contribution in [2.45, 2.75) is 70.5 Å². The minimum atomic E-state index is -1.08. The number of fused-ring (bicyclic) bond motifs is 1. The summed E-state index contributed by atoms with van der Waals surface area (Å²) in [6.07, 6.45) is 8.80. The van der Waals surface area contributed by atoms with Crippen molar-refractivity contribution in [3.8, 4) is 11.1 Å². The molecule has 5 heteroatoms. The topological polar surface area (TPSA) is 13.1 Å². The fraction of sp³-hybridized carbons (Fsp3) is 0.344. The third-order valence-electron chi connectivity index (χ3n) is 8.62. The number of furan rings is 1. The Labute approximate surface area is 254 Å². The molecule has 2 aliphatic heterocycles. The Balaban J connectivity index is 0.000000217. The molecule has 8 rings (SSSR count). The molecule has 1 nitrogen and oxygen atoms in total. The zero-order chi connectivity index (χ0) is 23.4. The number of allylic oxidation sites excluding steroid dienone is 1. The summed E-state index contributed by atoms with van der Waals surface area (Å²) < 4.78 is 5.51. The van der Waals surface area contributed by atoms with E-state index in [2.05, 4.69) is 87.6 Å². The van der Waals surface area contributed by atoms with Gasteiger partial charge >= 0.3 is 26.2 Å². The van der Waals surface area contributed by atoms with Crippen molar-refractivity contribution in [1.82, 2.24) is 0 Å².